The van der Waals surface area contributed by atoms with E-state index in [0.29, 0.717) is 5.56 Å². The van der Waals surface area contributed by atoms with Crippen LogP contribution < -0.4 is 0 Å². The van der Waals surface area contributed by atoms with E-state index < -0.39 is 18.3 Å². The average molecular weight is 200 g/mol. The van der Waals surface area contributed by atoms with E-state index in [1.807, 2.05) is 0 Å². The normalized spacial score (nSPS) is 11.4. The van der Waals surface area contributed by atoms with Crippen molar-refractivity contribution in [1.29, 1.82) is 0 Å². The molecule has 1 aromatic carbocycles. The van der Waals surface area contributed by atoms with E-state index in [1.54, 1.807) is 13.0 Å². The number of alkyl halides is 2. The summed E-state index contributed by atoms with van der Waals surface area (Å²) in [5, 5.41) is 8.30. The predicted octanol–water partition coefficient (Wildman–Crippen LogP) is 2.56. The minimum Gasteiger partial charge on any atom is -0.481 e. The van der Waals surface area contributed by atoms with Crippen LogP contribution in [0.15, 0.2) is 24.3 Å². The van der Waals surface area contributed by atoms with Gasteiger partial charge >= 0.3 is 5.97 Å². The SMILES string of the molecule is Cc1cccc(C(F)(F)CC(=O)O)c1. The summed E-state index contributed by atoms with van der Waals surface area (Å²) in [6.07, 6.45) is -1.17. The lowest BCUT2D eigenvalue weighted by atomic mass is 10.0. The third-order valence-electron chi connectivity index (χ3n) is 1.81. The number of carboxylic acids is 1. The summed E-state index contributed by atoms with van der Waals surface area (Å²) in [6.45, 7) is 1.68. The molecule has 1 rings (SSSR count). The Morgan fingerprint density at radius 1 is 1.50 bits per heavy atom. The summed E-state index contributed by atoms with van der Waals surface area (Å²) in [5.74, 6) is -4.80. The van der Waals surface area contributed by atoms with E-state index in [-0.39, 0.29) is 5.56 Å². The third-order valence-corrected chi connectivity index (χ3v) is 1.81. The van der Waals surface area contributed by atoms with Crippen LogP contribution in [-0.4, -0.2) is 11.1 Å². The zero-order valence-electron chi connectivity index (χ0n) is 7.63. The molecule has 1 aromatic rings. The maximum absolute atomic E-state index is 13.2. The fourth-order valence-corrected chi connectivity index (χ4v) is 1.16. The van der Waals surface area contributed by atoms with Crippen LogP contribution in [0, 0.1) is 6.92 Å². The average Bonchev–Trinajstić information content (AvgIpc) is 2.01. The first-order chi connectivity index (χ1) is 6.42. The molecule has 0 radical (unpaired) electrons. The Bertz CT molecular complexity index is 348. The van der Waals surface area contributed by atoms with Gasteiger partial charge in [0.25, 0.3) is 5.92 Å². The van der Waals surface area contributed by atoms with Crippen molar-refractivity contribution in [3.8, 4) is 0 Å². The molecule has 76 valence electrons. The highest BCUT2D eigenvalue weighted by Gasteiger charge is 2.34. The second kappa shape index (κ2) is 3.74. The van der Waals surface area contributed by atoms with Crippen LogP contribution in [-0.2, 0) is 10.7 Å². The number of hydrogen-bond donors (Lipinski definition) is 1. The molecule has 0 bridgehead atoms. The zero-order valence-corrected chi connectivity index (χ0v) is 7.63. The molecule has 1 N–H and O–H groups in total. The fourth-order valence-electron chi connectivity index (χ4n) is 1.16. The van der Waals surface area contributed by atoms with Crippen molar-refractivity contribution in [3.63, 3.8) is 0 Å². The Kier molecular flexibility index (Phi) is 2.84. The van der Waals surface area contributed by atoms with Crippen LogP contribution in [0.4, 0.5) is 8.78 Å². The summed E-state index contributed by atoms with van der Waals surface area (Å²) >= 11 is 0. The molecule has 4 heteroatoms. The topological polar surface area (TPSA) is 37.3 Å². The van der Waals surface area contributed by atoms with E-state index in [2.05, 4.69) is 0 Å². The highest BCUT2D eigenvalue weighted by molar-refractivity contribution is 5.68. The summed E-state index contributed by atoms with van der Waals surface area (Å²) in [6, 6.07) is 5.69. The molecule has 0 amide bonds. The van der Waals surface area contributed by atoms with Gasteiger partial charge in [0.05, 0.1) is 0 Å². The smallest absolute Gasteiger partial charge is 0.309 e. The van der Waals surface area contributed by atoms with Crippen molar-refractivity contribution in [1.82, 2.24) is 0 Å². The molecular weight excluding hydrogens is 190 g/mol. The molecule has 0 aliphatic heterocycles. The van der Waals surface area contributed by atoms with Crippen molar-refractivity contribution in [2.75, 3.05) is 0 Å². The lowest BCUT2D eigenvalue weighted by Gasteiger charge is -2.14. The Labute approximate surface area is 80.2 Å². The van der Waals surface area contributed by atoms with E-state index in [1.165, 1.54) is 18.2 Å². The van der Waals surface area contributed by atoms with Gasteiger partial charge in [-0.05, 0) is 6.92 Å². The summed E-state index contributed by atoms with van der Waals surface area (Å²) in [4.78, 5) is 10.2. The van der Waals surface area contributed by atoms with Gasteiger partial charge < -0.3 is 5.11 Å². The van der Waals surface area contributed by atoms with Crippen LogP contribution in [0.2, 0.25) is 0 Å². The molecule has 0 aromatic heterocycles. The number of benzene rings is 1. The summed E-state index contributed by atoms with van der Waals surface area (Å²) in [5.41, 5.74) is 0.437. The molecule has 0 atom stereocenters. The van der Waals surface area contributed by atoms with Gasteiger partial charge in [0.15, 0.2) is 0 Å². The Balaban J connectivity index is 2.97. The third kappa shape index (κ3) is 2.52. The largest absolute Gasteiger partial charge is 0.481 e. The lowest BCUT2D eigenvalue weighted by Crippen LogP contribution is -2.18. The molecular formula is C10H10F2O2. The van der Waals surface area contributed by atoms with Gasteiger partial charge in [0.1, 0.15) is 6.42 Å². The number of rotatable bonds is 3. The van der Waals surface area contributed by atoms with E-state index >= 15 is 0 Å². The second-order valence-corrected chi connectivity index (χ2v) is 3.14. The van der Waals surface area contributed by atoms with Crippen LogP contribution in [0.5, 0.6) is 0 Å². The van der Waals surface area contributed by atoms with Crippen molar-refractivity contribution >= 4 is 5.97 Å². The number of carbonyl (C=O) groups is 1. The highest BCUT2D eigenvalue weighted by atomic mass is 19.3. The number of carboxylic acid groups (broad SMARTS) is 1. The number of halogens is 2. The molecule has 0 fully saturated rings. The Morgan fingerprint density at radius 2 is 2.14 bits per heavy atom. The first-order valence-corrected chi connectivity index (χ1v) is 4.08. The molecule has 0 spiro atoms. The van der Waals surface area contributed by atoms with Gasteiger partial charge in [0, 0.05) is 5.56 Å². The Hall–Kier alpha value is -1.45. The van der Waals surface area contributed by atoms with E-state index in [4.69, 9.17) is 5.11 Å². The van der Waals surface area contributed by atoms with Gasteiger partial charge in [-0.2, -0.15) is 0 Å². The summed E-state index contributed by atoms with van der Waals surface area (Å²) < 4.78 is 26.4. The molecule has 0 saturated heterocycles. The van der Waals surface area contributed by atoms with E-state index in [9.17, 15) is 13.6 Å². The summed E-state index contributed by atoms with van der Waals surface area (Å²) in [7, 11) is 0. The van der Waals surface area contributed by atoms with Gasteiger partial charge in [-0.3, -0.25) is 4.79 Å². The fraction of sp³-hybridized carbons (Fsp3) is 0.300. The van der Waals surface area contributed by atoms with Gasteiger partial charge in [-0.1, -0.05) is 29.8 Å². The van der Waals surface area contributed by atoms with Gasteiger partial charge in [-0.15, -0.1) is 0 Å². The second-order valence-electron chi connectivity index (χ2n) is 3.14. The van der Waals surface area contributed by atoms with Gasteiger partial charge in [-0.25, -0.2) is 8.78 Å². The molecule has 0 heterocycles. The van der Waals surface area contributed by atoms with Gasteiger partial charge in [0.2, 0.25) is 0 Å². The lowest BCUT2D eigenvalue weighted by molar-refractivity contribution is -0.145. The van der Waals surface area contributed by atoms with Crippen molar-refractivity contribution in [3.05, 3.63) is 35.4 Å². The monoisotopic (exact) mass is 200 g/mol. The van der Waals surface area contributed by atoms with Crippen molar-refractivity contribution in [2.45, 2.75) is 19.3 Å². The predicted molar refractivity (Wildman–Crippen MR) is 47.3 cm³/mol. The molecule has 14 heavy (non-hydrogen) atoms. The zero-order chi connectivity index (χ0) is 10.8. The highest BCUT2D eigenvalue weighted by Crippen LogP contribution is 2.31. The maximum Gasteiger partial charge on any atom is 0.309 e. The molecule has 0 unspecified atom stereocenters. The first-order valence-electron chi connectivity index (χ1n) is 4.08. The molecule has 0 saturated carbocycles. The van der Waals surface area contributed by atoms with Crippen molar-refractivity contribution < 1.29 is 18.7 Å². The molecule has 2 nitrogen and oxygen atoms in total. The van der Waals surface area contributed by atoms with Crippen LogP contribution in [0.3, 0.4) is 0 Å². The standard InChI is InChI=1S/C10H10F2O2/c1-7-3-2-4-8(5-7)10(11,12)6-9(13)14/h2-5H,6H2,1H3,(H,13,14). The molecule has 0 aliphatic carbocycles. The van der Waals surface area contributed by atoms with Crippen LogP contribution >= 0.6 is 0 Å². The minimum atomic E-state index is -3.29. The first kappa shape index (κ1) is 10.6. The maximum atomic E-state index is 13.2. The van der Waals surface area contributed by atoms with Crippen LogP contribution in [0.25, 0.3) is 0 Å². The quantitative estimate of drug-likeness (QED) is 0.814. The molecule has 0 aliphatic rings. The van der Waals surface area contributed by atoms with Crippen molar-refractivity contribution in [2.24, 2.45) is 0 Å². The van der Waals surface area contributed by atoms with E-state index in [0.717, 1.165) is 0 Å². The number of hydrogen-bond acceptors (Lipinski definition) is 1. The van der Waals surface area contributed by atoms with Crippen LogP contribution in [0.1, 0.15) is 17.5 Å². The number of aryl methyl sites for hydroxylation is 1. The number of aliphatic carboxylic acids is 1. The minimum absolute atomic E-state index is 0.250. The Morgan fingerprint density at radius 3 is 2.64 bits per heavy atom.